The first-order chi connectivity index (χ1) is 13.0. The highest BCUT2D eigenvalue weighted by atomic mass is 32.2. The average molecular weight is 417 g/mol. The molecule has 0 saturated carbocycles. The number of anilines is 1. The van der Waals surface area contributed by atoms with Crippen molar-refractivity contribution in [3.05, 3.63) is 34.4 Å². The fourth-order valence-electron chi connectivity index (χ4n) is 1.93. The van der Waals surface area contributed by atoms with Crippen LogP contribution in [-0.2, 0) is 20.4 Å². The van der Waals surface area contributed by atoms with E-state index >= 15 is 0 Å². The molecule has 0 aromatic heterocycles. The monoisotopic (exact) mass is 417 g/mol. The van der Waals surface area contributed by atoms with Gasteiger partial charge in [0.2, 0.25) is 5.91 Å². The predicted octanol–water partition coefficient (Wildman–Crippen LogP) is 0.710. The molecule has 0 bridgehead atoms. The first-order valence-electron chi connectivity index (χ1n) is 8.63. The molecular formula is C17H27N3O7S. The maximum absolute atomic E-state index is 11.8. The van der Waals surface area contributed by atoms with E-state index in [1.54, 1.807) is 24.3 Å². The van der Waals surface area contributed by atoms with E-state index in [1.807, 2.05) is 20.8 Å². The number of β-amino-alcohol motifs (C(OH)–C–C–N with tert-alkyl or cyclic N) is 1. The molecule has 2 atom stereocenters. The van der Waals surface area contributed by atoms with Gasteiger partial charge in [-0.25, -0.2) is 0 Å². The second kappa shape index (κ2) is 11.6. The summed E-state index contributed by atoms with van der Waals surface area (Å²) in [4.78, 5) is 25.9. The fourth-order valence-corrected chi connectivity index (χ4v) is 2.70. The Kier molecular flexibility index (Phi) is 9.83. The Morgan fingerprint density at radius 3 is 2.54 bits per heavy atom. The van der Waals surface area contributed by atoms with Crippen LogP contribution in [-0.4, -0.2) is 63.2 Å². The number of carbonyl (C=O) groups is 1. The molecule has 0 aliphatic heterocycles. The zero-order valence-electron chi connectivity index (χ0n) is 16.2. The minimum Gasteiger partial charge on any atom is -0.491 e. The maximum atomic E-state index is 11.8. The maximum Gasteiger partial charge on any atom is 0.294 e. The van der Waals surface area contributed by atoms with Crippen LogP contribution in [0.3, 0.4) is 0 Å². The normalized spacial score (nSPS) is 13.4. The minimum atomic E-state index is -1.56. The molecule has 0 aliphatic carbocycles. The molecule has 2 unspecified atom stereocenters. The Bertz CT molecular complexity index is 662. The van der Waals surface area contributed by atoms with E-state index in [0.717, 1.165) is 0 Å². The van der Waals surface area contributed by atoms with E-state index in [2.05, 4.69) is 15.5 Å². The van der Waals surface area contributed by atoms with E-state index in [9.17, 15) is 24.2 Å². The van der Waals surface area contributed by atoms with Crippen LogP contribution in [0.25, 0.3) is 0 Å². The molecule has 0 saturated heterocycles. The molecule has 0 radical (unpaired) electrons. The van der Waals surface area contributed by atoms with Crippen LogP contribution in [0.15, 0.2) is 24.3 Å². The third kappa shape index (κ3) is 11.5. The number of hydrogen-bond donors (Lipinski definition) is 3. The summed E-state index contributed by atoms with van der Waals surface area (Å²) in [6, 6.07) is 6.51. The lowest BCUT2D eigenvalue weighted by molar-refractivity contribution is -0.756. The zero-order valence-corrected chi connectivity index (χ0v) is 17.0. The Labute approximate surface area is 166 Å². The summed E-state index contributed by atoms with van der Waals surface area (Å²) in [5.74, 6) is -0.329. The van der Waals surface area contributed by atoms with Gasteiger partial charge in [-0.1, -0.05) is 0 Å². The van der Waals surface area contributed by atoms with Gasteiger partial charge in [-0.2, -0.15) is 0 Å². The van der Waals surface area contributed by atoms with Crippen LogP contribution in [0.1, 0.15) is 20.8 Å². The molecule has 1 rings (SSSR count). The molecule has 10 nitrogen and oxygen atoms in total. The highest BCUT2D eigenvalue weighted by Crippen LogP contribution is 2.16. The number of benzene rings is 1. The highest BCUT2D eigenvalue weighted by molar-refractivity contribution is 7.85. The van der Waals surface area contributed by atoms with Crippen molar-refractivity contribution in [1.82, 2.24) is 5.32 Å². The smallest absolute Gasteiger partial charge is 0.294 e. The number of amides is 1. The van der Waals surface area contributed by atoms with Gasteiger partial charge in [0.15, 0.2) is 0 Å². The van der Waals surface area contributed by atoms with Gasteiger partial charge in [-0.3, -0.25) is 9.00 Å². The van der Waals surface area contributed by atoms with Gasteiger partial charge in [0.1, 0.15) is 30.8 Å². The summed E-state index contributed by atoms with van der Waals surface area (Å²) in [6.45, 7) is 6.22. The largest absolute Gasteiger partial charge is 0.491 e. The Morgan fingerprint density at radius 1 is 1.32 bits per heavy atom. The molecule has 0 fully saturated rings. The Balaban J connectivity index is 2.34. The highest BCUT2D eigenvalue weighted by Gasteiger charge is 2.13. The van der Waals surface area contributed by atoms with E-state index < -0.39 is 27.9 Å². The van der Waals surface area contributed by atoms with Gasteiger partial charge in [-0.05, 0) is 45.0 Å². The number of rotatable bonds is 12. The minimum absolute atomic E-state index is 0.0933. The molecular weight excluding hydrogens is 390 g/mol. The number of aliphatic hydroxyl groups excluding tert-OH is 1. The van der Waals surface area contributed by atoms with Crippen molar-refractivity contribution in [1.29, 1.82) is 0 Å². The van der Waals surface area contributed by atoms with E-state index in [4.69, 9.17) is 4.74 Å². The van der Waals surface area contributed by atoms with Crippen LogP contribution < -0.4 is 15.4 Å². The first-order valence-corrected chi connectivity index (χ1v) is 10.1. The van der Waals surface area contributed by atoms with Crippen molar-refractivity contribution >= 4 is 22.4 Å². The molecule has 1 aromatic carbocycles. The second-order valence-corrected chi connectivity index (χ2v) is 8.59. The van der Waals surface area contributed by atoms with E-state index in [0.29, 0.717) is 18.0 Å². The van der Waals surface area contributed by atoms with Crippen molar-refractivity contribution in [3.63, 3.8) is 0 Å². The average Bonchev–Trinajstić information content (AvgIpc) is 2.58. The van der Waals surface area contributed by atoms with Crippen molar-refractivity contribution in [2.75, 3.05) is 36.6 Å². The third-order valence-electron chi connectivity index (χ3n) is 3.25. The van der Waals surface area contributed by atoms with Crippen molar-refractivity contribution in [3.8, 4) is 5.75 Å². The molecule has 1 aromatic rings. The van der Waals surface area contributed by atoms with Gasteiger partial charge >= 0.3 is 0 Å². The summed E-state index contributed by atoms with van der Waals surface area (Å²) >= 11 is 0. The summed E-state index contributed by atoms with van der Waals surface area (Å²) in [6.07, 6.45) is -0.659. The number of aliphatic hydroxyl groups is 1. The molecule has 11 heteroatoms. The molecule has 0 spiro atoms. The SMILES string of the molecule is CC(C)(C)NCC(O)COc1ccc(NC(=O)CS(=O)CCO[N+](=O)[O-])cc1. The van der Waals surface area contributed by atoms with Crippen LogP contribution in [0, 0.1) is 10.1 Å². The lowest BCUT2D eigenvalue weighted by Gasteiger charge is -2.23. The Hall–Kier alpha value is -2.24. The topological polar surface area (TPSA) is 140 Å². The van der Waals surface area contributed by atoms with Crippen LogP contribution >= 0.6 is 0 Å². The number of carbonyl (C=O) groups excluding carboxylic acids is 1. The molecule has 28 heavy (non-hydrogen) atoms. The van der Waals surface area contributed by atoms with Crippen LogP contribution in [0.4, 0.5) is 5.69 Å². The van der Waals surface area contributed by atoms with Crippen molar-refractivity contribution in [2.24, 2.45) is 0 Å². The number of nitrogens with one attached hydrogen (secondary N) is 2. The van der Waals surface area contributed by atoms with E-state index in [1.165, 1.54) is 0 Å². The van der Waals surface area contributed by atoms with E-state index in [-0.39, 0.29) is 30.3 Å². The Morgan fingerprint density at radius 2 is 1.96 bits per heavy atom. The van der Waals surface area contributed by atoms with Gasteiger partial charge in [0, 0.05) is 34.3 Å². The summed E-state index contributed by atoms with van der Waals surface area (Å²) in [5, 5.41) is 24.7. The first kappa shape index (κ1) is 23.8. The molecule has 0 aliphatic rings. The fraction of sp³-hybridized carbons (Fsp3) is 0.588. The second-order valence-electron chi connectivity index (χ2n) is 7.01. The van der Waals surface area contributed by atoms with Crippen LogP contribution in [0.5, 0.6) is 5.75 Å². The molecule has 158 valence electrons. The molecule has 0 heterocycles. The van der Waals surface area contributed by atoms with Crippen molar-refractivity contribution in [2.45, 2.75) is 32.4 Å². The van der Waals surface area contributed by atoms with Gasteiger partial charge in [0.05, 0.1) is 0 Å². The van der Waals surface area contributed by atoms with Gasteiger partial charge in [-0.15, -0.1) is 10.1 Å². The summed E-state index contributed by atoms with van der Waals surface area (Å²) < 4.78 is 17.1. The quantitative estimate of drug-likeness (QED) is 0.334. The lowest BCUT2D eigenvalue weighted by atomic mass is 10.1. The number of ether oxygens (including phenoxy) is 1. The standard InChI is InChI=1S/C17H27N3O7S/c1-17(2,3)18-10-14(21)11-26-15-6-4-13(5-7-15)19-16(22)12-28(25)9-8-27-20(23)24/h4-7,14,18,21H,8-12H2,1-3H3,(H,19,22). The van der Waals surface area contributed by atoms with Crippen LogP contribution in [0.2, 0.25) is 0 Å². The number of nitrogens with zero attached hydrogens (tertiary/aromatic N) is 1. The molecule has 1 amide bonds. The summed E-state index contributed by atoms with van der Waals surface area (Å²) in [7, 11) is -1.56. The predicted molar refractivity (Wildman–Crippen MR) is 105 cm³/mol. The van der Waals surface area contributed by atoms with Gasteiger partial charge in [0.25, 0.3) is 5.09 Å². The molecule has 3 N–H and O–H groups in total. The summed E-state index contributed by atoms with van der Waals surface area (Å²) in [5.41, 5.74) is 0.398. The third-order valence-corrected chi connectivity index (χ3v) is 4.45. The number of hydrogen-bond acceptors (Lipinski definition) is 8. The van der Waals surface area contributed by atoms with Crippen molar-refractivity contribution < 1.29 is 28.8 Å². The van der Waals surface area contributed by atoms with Gasteiger partial charge < -0.3 is 25.3 Å². The zero-order chi connectivity index (χ0) is 21.2. The lowest BCUT2D eigenvalue weighted by Crippen LogP contribution is -2.42.